The van der Waals surface area contributed by atoms with E-state index in [4.69, 9.17) is 0 Å². The monoisotopic (exact) mass is 900 g/mol. The third kappa shape index (κ3) is 28.1. The van der Waals surface area contributed by atoms with E-state index in [2.05, 4.69) is 96.3 Å². The van der Waals surface area contributed by atoms with Crippen molar-refractivity contribution in [2.24, 2.45) is 23.7 Å². The quantitative estimate of drug-likeness (QED) is 0.0596. The predicted molar refractivity (Wildman–Crippen MR) is 278 cm³/mol. The van der Waals surface area contributed by atoms with Gasteiger partial charge >= 0.3 is 0 Å². The van der Waals surface area contributed by atoms with Gasteiger partial charge in [0.05, 0.1) is 11.7 Å². The number of rotatable bonds is 21. The van der Waals surface area contributed by atoms with Crippen molar-refractivity contribution in [1.82, 2.24) is 16.0 Å². The molecule has 3 rings (SSSR count). The zero-order valence-electron chi connectivity index (χ0n) is 44.3. The molecular weight excluding hydrogens is 791 g/mol. The minimum Gasteiger partial charge on any atom is -0.412 e. The molecule has 0 heterocycles. The van der Waals surface area contributed by atoms with Gasteiger partial charge in [0.2, 0.25) is 5.78 Å². The van der Waals surface area contributed by atoms with E-state index >= 15 is 0 Å². The molecule has 9 heteroatoms. The molecule has 0 radical (unpaired) electrons. The molecule has 0 aromatic rings. The van der Waals surface area contributed by atoms with E-state index < -0.39 is 22.6 Å². The molecule has 0 bridgehead atoms. The third-order valence-corrected chi connectivity index (χ3v) is 12.7. The van der Waals surface area contributed by atoms with E-state index in [0.717, 1.165) is 69.8 Å². The maximum atomic E-state index is 14.5. The second-order valence-electron chi connectivity index (χ2n) is 15.7. The Bertz CT molecular complexity index is 1110. The number of carbonyl (C=O) groups is 3. The van der Waals surface area contributed by atoms with Gasteiger partial charge in [0.1, 0.15) is 0 Å². The van der Waals surface area contributed by atoms with Crippen molar-refractivity contribution in [3.8, 4) is 0 Å². The number of likely N-dealkylation sites (N-methyl/N-ethyl adjacent to an activating group) is 1. The van der Waals surface area contributed by atoms with Gasteiger partial charge in [-0.2, -0.15) is 0 Å². The normalized spacial score (nSPS) is 18.9. The van der Waals surface area contributed by atoms with Gasteiger partial charge in [-0.1, -0.05) is 199 Å². The van der Waals surface area contributed by atoms with Crippen LogP contribution in [0.4, 0.5) is 0 Å². The van der Waals surface area contributed by atoms with Crippen molar-refractivity contribution in [2.75, 3.05) is 18.6 Å². The Morgan fingerprint density at radius 2 is 1.29 bits per heavy atom. The standard InChI is InChI=1S/C35H59N3O4S.C5H12.C3H8.4C2H6.C2H4.H2O/c1-7-10-16-27(31(39)33(41)36-6)23-26(5)28-17-14-18-29(28)32(40)30(25(4)8-2)37-35(21-15-22-35)38-34(24-43(42)9-3)19-12-11-13-20-34;1-3-5-4-2;1-3-2;5*1-2;/h14,17,25,27-30,37-38H,5,7-13,15-16,18-24H2,1-4,6H3,(H,36,41);3-5H2,1-2H3;3H2,1-2H3;4*1-2H3;1-2H2;1H2/t25?,27-,28+,29?,30+,43?;;;;;;;;/m1......../s1. The Morgan fingerprint density at radius 3 is 1.68 bits per heavy atom. The lowest BCUT2D eigenvalue weighted by molar-refractivity contribution is -0.140. The van der Waals surface area contributed by atoms with Crippen LogP contribution in [0.25, 0.3) is 0 Å². The highest BCUT2D eigenvalue weighted by Crippen LogP contribution is 2.40. The lowest BCUT2D eigenvalue weighted by Gasteiger charge is -2.53. The summed E-state index contributed by atoms with van der Waals surface area (Å²) in [7, 11) is 0.632. The lowest BCUT2D eigenvalue weighted by Crippen LogP contribution is -2.73. The van der Waals surface area contributed by atoms with Crippen LogP contribution < -0.4 is 16.0 Å². The highest BCUT2D eigenvalue weighted by atomic mass is 32.2. The Balaban J connectivity index is -0.000000358. The molecule has 8 nitrogen and oxygen atoms in total. The third-order valence-electron chi connectivity index (χ3n) is 11.2. The molecule has 2 saturated carbocycles. The zero-order chi connectivity index (χ0) is 48.5. The molecule has 372 valence electrons. The van der Waals surface area contributed by atoms with E-state index in [0.29, 0.717) is 30.8 Å². The summed E-state index contributed by atoms with van der Waals surface area (Å²) < 4.78 is 12.8. The molecule has 6 atom stereocenters. The van der Waals surface area contributed by atoms with Gasteiger partial charge < -0.3 is 10.8 Å². The number of amides is 1. The van der Waals surface area contributed by atoms with Crippen molar-refractivity contribution < 1.29 is 24.1 Å². The van der Waals surface area contributed by atoms with Crippen molar-refractivity contribution in [2.45, 2.75) is 244 Å². The largest absolute Gasteiger partial charge is 0.412 e. The number of nitrogens with one attached hydrogen (secondary N) is 3. The predicted octanol–water partition coefficient (Wildman–Crippen LogP) is 13.5. The number of hydrogen-bond acceptors (Lipinski definition) is 6. The molecule has 3 aliphatic carbocycles. The van der Waals surface area contributed by atoms with Crippen molar-refractivity contribution in [3.05, 3.63) is 37.5 Å². The fourth-order valence-electron chi connectivity index (χ4n) is 7.80. The Morgan fingerprint density at radius 1 is 0.790 bits per heavy atom. The van der Waals surface area contributed by atoms with Crippen LogP contribution in [0.15, 0.2) is 37.5 Å². The first kappa shape index (κ1) is 71.7. The molecule has 3 aliphatic rings. The van der Waals surface area contributed by atoms with Gasteiger partial charge in [-0.15, -0.1) is 13.2 Å². The van der Waals surface area contributed by atoms with E-state index in [1.165, 1.54) is 39.2 Å². The maximum Gasteiger partial charge on any atom is 0.287 e. The Kier molecular flexibility index (Phi) is 54.4. The summed E-state index contributed by atoms with van der Waals surface area (Å²) in [6.45, 7) is 43.5. The summed E-state index contributed by atoms with van der Waals surface area (Å²) in [4.78, 5) is 39.6. The number of ketones is 2. The smallest absolute Gasteiger partial charge is 0.287 e. The van der Waals surface area contributed by atoms with Crippen LogP contribution in [-0.4, -0.2) is 63.0 Å². The highest BCUT2D eigenvalue weighted by molar-refractivity contribution is 7.85. The average Bonchev–Trinajstić information content (AvgIpc) is 3.80. The minimum absolute atomic E-state index is 0. The zero-order valence-corrected chi connectivity index (χ0v) is 45.2. The van der Waals surface area contributed by atoms with Gasteiger partial charge in [0, 0.05) is 52.6 Å². The van der Waals surface area contributed by atoms with Crippen molar-refractivity contribution in [1.29, 1.82) is 0 Å². The summed E-state index contributed by atoms with van der Waals surface area (Å²) in [5.41, 5.74) is 0.405. The van der Waals surface area contributed by atoms with Gasteiger partial charge in [-0.25, -0.2) is 0 Å². The second kappa shape index (κ2) is 47.0. The number of carbonyl (C=O) groups excluding carboxylic acids is 3. The fourth-order valence-corrected chi connectivity index (χ4v) is 8.98. The molecule has 0 aromatic carbocycles. The molecule has 0 aromatic heterocycles. The van der Waals surface area contributed by atoms with E-state index in [1.807, 2.05) is 62.3 Å². The van der Waals surface area contributed by atoms with E-state index in [9.17, 15) is 18.6 Å². The Hall–Kier alpha value is -1.94. The molecule has 0 aliphatic heterocycles. The molecule has 62 heavy (non-hydrogen) atoms. The van der Waals surface area contributed by atoms with Crippen molar-refractivity contribution in [3.63, 3.8) is 0 Å². The molecule has 1 amide bonds. The van der Waals surface area contributed by atoms with E-state index in [1.54, 1.807) is 0 Å². The number of allylic oxidation sites excluding steroid dienone is 3. The maximum absolute atomic E-state index is 14.5. The second-order valence-corrected chi connectivity index (χ2v) is 17.4. The fraction of sp³-hybridized carbons (Fsp3) is 0.830. The topological polar surface area (TPSA) is 136 Å². The molecule has 3 unspecified atom stereocenters. The summed E-state index contributed by atoms with van der Waals surface area (Å²) in [5.74, 6) is 0.00296. The first-order valence-corrected chi connectivity index (χ1v) is 26.9. The average molecular weight is 901 g/mol. The molecule has 5 N–H and O–H groups in total. The summed E-state index contributed by atoms with van der Waals surface area (Å²) >= 11 is 0. The lowest BCUT2D eigenvalue weighted by atomic mass is 9.74. The summed E-state index contributed by atoms with van der Waals surface area (Å²) in [6, 6.07) is -0.307. The van der Waals surface area contributed by atoms with Crippen LogP contribution >= 0.6 is 0 Å². The van der Waals surface area contributed by atoms with Gasteiger partial charge in [-0.3, -0.25) is 29.2 Å². The highest BCUT2D eigenvalue weighted by Gasteiger charge is 2.48. The van der Waals surface area contributed by atoms with Crippen LogP contribution in [-0.2, 0) is 25.2 Å². The van der Waals surface area contributed by atoms with Crippen LogP contribution in [0.2, 0.25) is 0 Å². The van der Waals surface area contributed by atoms with Gasteiger partial charge in [-0.05, 0) is 57.3 Å². The SMILES string of the molecule is C=C.C=C(C[C@@H](CCCC)C(=O)C(=O)NC)[C@@H]1C=CCC1C(=O)[C@@H](NC1(NC2(CS(=O)CC)CCCCC2)CCC1)C(C)CC.CC.CC.CC.CC.CCC.CCCCC.O. The summed E-state index contributed by atoms with van der Waals surface area (Å²) in [5, 5.41) is 10.4. The number of hydrogen-bond donors (Lipinski definition) is 3. The molecule has 2 fully saturated rings. The molecular formula is C53H109N3O5S. The first-order valence-electron chi connectivity index (χ1n) is 25.4. The summed E-state index contributed by atoms with van der Waals surface area (Å²) in [6.07, 6.45) is 22.6. The molecule has 0 saturated heterocycles. The van der Waals surface area contributed by atoms with Crippen LogP contribution in [0.5, 0.6) is 0 Å². The van der Waals surface area contributed by atoms with Crippen molar-refractivity contribution >= 4 is 28.3 Å². The number of unbranched alkanes of at least 4 members (excludes halogenated alkanes) is 3. The van der Waals surface area contributed by atoms with E-state index in [-0.39, 0.29) is 52.0 Å². The minimum atomic E-state index is -0.859. The van der Waals surface area contributed by atoms with Crippen LogP contribution in [0.1, 0.15) is 226 Å². The number of Topliss-reactive ketones (excluding diaryl/α,β-unsaturated/α-hetero) is 2. The Labute approximate surface area is 390 Å². The van der Waals surface area contributed by atoms with Gasteiger partial charge in [0.25, 0.3) is 5.91 Å². The van der Waals surface area contributed by atoms with Crippen LogP contribution in [0, 0.1) is 23.7 Å². The van der Waals surface area contributed by atoms with Crippen LogP contribution in [0.3, 0.4) is 0 Å². The molecule has 0 spiro atoms. The van der Waals surface area contributed by atoms with Gasteiger partial charge in [0.15, 0.2) is 5.78 Å². The first-order chi connectivity index (χ1) is 29.4.